The Kier molecular flexibility index (Phi) is 3.17. The van der Waals surface area contributed by atoms with Crippen molar-refractivity contribution in [3.8, 4) is 11.5 Å². The number of aryl methyl sites for hydroxylation is 1. The molecule has 0 radical (unpaired) electrons. The molecular weight excluding hydrogens is 240 g/mol. The molecule has 1 aliphatic rings. The highest BCUT2D eigenvalue weighted by molar-refractivity contribution is 5.49. The molecule has 4 heteroatoms. The van der Waals surface area contributed by atoms with Gasteiger partial charge in [0.05, 0.1) is 13.2 Å². The number of methoxy groups -OCH3 is 1. The van der Waals surface area contributed by atoms with Crippen molar-refractivity contribution >= 4 is 0 Å². The van der Waals surface area contributed by atoms with Gasteiger partial charge in [0.1, 0.15) is 0 Å². The van der Waals surface area contributed by atoms with Crippen LogP contribution in [-0.2, 0) is 6.54 Å². The van der Waals surface area contributed by atoms with E-state index in [1.165, 1.54) is 5.69 Å². The Hall–Kier alpha value is -1.94. The maximum absolute atomic E-state index is 10.3. The van der Waals surface area contributed by atoms with E-state index >= 15 is 0 Å². The lowest BCUT2D eigenvalue weighted by atomic mass is 10.0. The van der Waals surface area contributed by atoms with Gasteiger partial charge in [-0.2, -0.15) is 0 Å². The molecule has 0 fully saturated rings. The summed E-state index contributed by atoms with van der Waals surface area (Å²) in [5.41, 5.74) is 2.04. The highest BCUT2D eigenvalue weighted by Gasteiger charge is 2.23. The number of phenolic OH excluding ortho intramolecular Hbond substituents is 1. The van der Waals surface area contributed by atoms with Gasteiger partial charge in [0.15, 0.2) is 11.5 Å². The lowest BCUT2D eigenvalue weighted by Crippen LogP contribution is -2.22. The number of nitrogens with zero attached hydrogens (tertiary/aromatic N) is 1. The number of benzene rings is 1. The van der Waals surface area contributed by atoms with Crippen molar-refractivity contribution in [2.45, 2.75) is 19.0 Å². The third-order valence-corrected chi connectivity index (χ3v) is 3.65. The molecule has 2 heterocycles. The van der Waals surface area contributed by atoms with Crippen molar-refractivity contribution in [3.63, 3.8) is 0 Å². The van der Waals surface area contributed by atoms with Crippen LogP contribution in [0.3, 0.4) is 0 Å². The number of hydrogen-bond donors (Lipinski definition) is 2. The average molecular weight is 258 g/mol. The first kappa shape index (κ1) is 12.1. The fraction of sp³-hybridized carbons (Fsp3) is 0.333. The maximum atomic E-state index is 10.3. The van der Waals surface area contributed by atoms with Crippen molar-refractivity contribution < 1.29 is 9.84 Å². The molecule has 0 spiro atoms. The van der Waals surface area contributed by atoms with E-state index in [1.807, 2.05) is 18.2 Å². The number of nitrogens with one attached hydrogen (secondary N) is 1. The van der Waals surface area contributed by atoms with Gasteiger partial charge >= 0.3 is 0 Å². The second kappa shape index (κ2) is 4.97. The lowest BCUT2D eigenvalue weighted by Gasteiger charge is -2.20. The third-order valence-electron chi connectivity index (χ3n) is 3.65. The summed E-state index contributed by atoms with van der Waals surface area (Å²) in [4.78, 5) is 0. The van der Waals surface area contributed by atoms with Crippen LogP contribution in [0.15, 0.2) is 36.5 Å². The van der Waals surface area contributed by atoms with Crippen LogP contribution in [0.5, 0.6) is 11.5 Å². The summed E-state index contributed by atoms with van der Waals surface area (Å²) in [6.07, 6.45) is 3.18. The maximum Gasteiger partial charge on any atom is 0.162 e. The van der Waals surface area contributed by atoms with Crippen LogP contribution in [0.25, 0.3) is 0 Å². The number of aromatic hydroxyl groups is 1. The van der Waals surface area contributed by atoms with Gasteiger partial charge in [0.2, 0.25) is 0 Å². The Bertz CT molecular complexity index is 577. The van der Waals surface area contributed by atoms with Crippen LogP contribution in [-0.4, -0.2) is 23.3 Å². The molecule has 19 heavy (non-hydrogen) atoms. The SMILES string of the molecule is COc1cccc(C2NCCCn3cccc32)c1O. The molecule has 0 bridgehead atoms. The standard InChI is InChI=1S/C15H18N2O2/c1-19-13-7-2-5-11(15(13)18)14-12-6-3-9-17(12)10-4-8-16-14/h2-3,5-7,9,14,16,18H,4,8,10H2,1H3. The highest BCUT2D eigenvalue weighted by atomic mass is 16.5. The minimum Gasteiger partial charge on any atom is -0.504 e. The molecule has 1 aromatic heterocycles. The van der Waals surface area contributed by atoms with Crippen LogP contribution in [0.1, 0.15) is 23.7 Å². The van der Waals surface area contributed by atoms with Gasteiger partial charge in [-0.25, -0.2) is 0 Å². The summed E-state index contributed by atoms with van der Waals surface area (Å²) < 4.78 is 7.43. The summed E-state index contributed by atoms with van der Waals surface area (Å²) in [6, 6.07) is 9.78. The number of para-hydroxylation sites is 1. The zero-order valence-electron chi connectivity index (χ0n) is 11.0. The van der Waals surface area contributed by atoms with Gasteiger partial charge in [0, 0.05) is 24.0 Å². The fourth-order valence-electron chi connectivity index (χ4n) is 2.70. The van der Waals surface area contributed by atoms with Crippen LogP contribution in [0, 0.1) is 0 Å². The molecule has 0 aliphatic carbocycles. The van der Waals surface area contributed by atoms with Gasteiger partial charge in [-0.1, -0.05) is 12.1 Å². The Morgan fingerprint density at radius 3 is 3.05 bits per heavy atom. The van der Waals surface area contributed by atoms with E-state index in [9.17, 15) is 5.11 Å². The molecule has 1 unspecified atom stereocenters. The van der Waals surface area contributed by atoms with Crippen LogP contribution >= 0.6 is 0 Å². The summed E-state index contributed by atoms with van der Waals surface area (Å²) in [5.74, 6) is 0.735. The summed E-state index contributed by atoms with van der Waals surface area (Å²) in [7, 11) is 1.57. The molecule has 1 aliphatic heterocycles. The predicted octanol–water partition coefficient (Wildman–Crippen LogP) is 2.29. The smallest absolute Gasteiger partial charge is 0.162 e. The Morgan fingerprint density at radius 2 is 2.21 bits per heavy atom. The van der Waals surface area contributed by atoms with E-state index < -0.39 is 0 Å². The van der Waals surface area contributed by atoms with Crippen LogP contribution in [0.4, 0.5) is 0 Å². The Balaban J connectivity index is 2.07. The molecule has 2 N–H and O–H groups in total. The second-order valence-corrected chi connectivity index (χ2v) is 4.77. The van der Waals surface area contributed by atoms with Crippen molar-refractivity contribution in [1.29, 1.82) is 0 Å². The molecule has 0 saturated heterocycles. The van der Waals surface area contributed by atoms with E-state index in [1.54, 1.807) is 13.2 Å². The van der Waals surface area contributed by atoms with E-state index in [-0.39, 0.29) is 11.8 Å². The number of ether oxygens (including phenoxy) is 1. The van der Waals surface area contributed by atoms with Gasteiger partial charge in [-0.3, -0.25) is 0 Å². The van der Waals surface area contributed by atoms with Crippen molar-refractivity contribution in [1.82, 2.24) is 9.88 Å². The molecule has 3 rings (SSSR count). The summed E-state index contributed by atoms with van der Waals surface area (Å²) >= 11 is 0. The first-order chi connectivity index (χ1) is 9.31. The number of rotatable bonds is 2. The van der Waals surface area contributed by atoms with Gasteiger partial charge < -0.3 is 19.7 Å². The topological polar surface area (TPSA) is 46.4 Å². The fourth-order valence-corrected chi connectivity index (χ4v) is 2.70. The number of phenols is 1. The van der Waals surface area contributed by atoms with Gasteiger partial charge in [-0.05, 0) is 31.2 Å². The summed E-state index contributed by atoms with van der Waals surface area (Å²) in [6.45, 7) is 1.94. The quantitative estimate of drug-likeness (QED) is 0.868. The third kappa shape index (κ3) is 2.08. The summed E-state index contributed by atoms with van der Waals surface area (Å²) in [5, 5.41) is 13.8. The normalized spacial score (nSPS) is 18.7. The van der Waals surface area contributed by atoms with Crippen molar-refractivity contribution in [2.24, 2.45) is 0 Å². The van der Waals surface area contributed by atoms with E-state index in [0.29, 0.717) is 5.75 Å². The number of aromatic nitrogens is 1. The zero-order chi connectivity index (χ0) is 13.2. The zero-order valence-corrected chi connectivity index (χ0v) is 11.0. The molecular formula is C15H18N2O2. The minimum atomic E-state index is 0.00704. The van der Waals surface area contributed by atoms with E-state index in [0.717, 1.165) is 25.1 Å². The van der Waals surface area contributed by atoms with Crippen molar-refractivity contribution in [2.75, 3.05) is 13.7 Å². The molecule has 2 aromatic rings. The molecule has 0 amide bonds. The van der Waals surface area contributed by atoms with E-state index in [4.69, 9.17) is 4.74 Å². The highest BCUT2D eigenvalue weighted by Crippen LogP contribution is 2.36. The first-order valence-electron chi connectivity index (χ1n) is 6.55. The molecule has 100 valence electrons. The predicted molar refractivity (Wildman–Crippen MR) is 73.6 cm³/mol. The number of fused-ring (bicyclic) bond motifs is 1. The van der Waals surface area contributed by atoms with Crippen molar-refractivity contribution in [3.05, 3.63) is 47.8 Å². The Labute approximate surface area is 112 Å². The largest absolute Gasteiger partial charge is 0.504 e. The molecule has 0 saturated carbocycles. The Morgan fingerprint density at radius 1 is 1.32 bits per heavy atom. The molecule has 1 atom stereocenters. The van der Waals surface area contributed by atoms with Gasteiger partial charge in [-0.15, -0.1) is 0 Å². The lowest BCUT2D eigenvalue weighted by molar-refractivity contribution is 0.367. The molecule has 1 aromatic carbocycles. The van der Waals surface area contributed by atoms with E-state index in [2.05, 4.69) is 22.1 Å². The van der Waals surface area contributed by atoms with Gasteiger partial charge in [0.25, 0.3) is 0 Å². The van der Waals surface area contributed by atoms with Crippen LogP contribution in [0.2, 0.25) is 0 Å². The minimum absolute atomic E-state index is 0.00704. The first-order valence-corrected chi connectivity index (χ1v) is 6.55. The average Bonchev–Trinajstić information content (AvgIpc) is 2.80. The number of hydrogen-bond acceptors (Lipinski definition) is 3. The van der Waals surface area contributed by atoms with Crippen LogP contribution < -0.4 is 10.1 Å². The monoisotopic (exact) mass is 258 g/mol. The second-order valence-electron chi connectivity index (χ2n) is 4.77. The molecule has 4 nitrogen and oxygen atoms in total.